The average Bonchev–Trinajstić information content (AvgIpc) is 2.67. The molecule has 5 nitrogen and oxygen atoms in total. The van der Waals surface area contributed by atoms with Crippen molar-refractivity contribution in [1.82, 2.24) is 10.6 Å². The summed E-state index contributed by atoms with van der Waals surface area (Å²) in [6, 6.07) is 11.5. The van der Waals surface area contributed by atoms with Crippen molar-refractivity contribution in [2.45, 2.75) is 32.5 Å². The summed E-state index contributed by atoms with van der Waals surface area (Å²) >= 11 is 0. The number of halogens is 4. The highest BCUT2D eigenvalue weighted by atomic mass is 127. The lowest BCUT2D eigenvalue weighted by atomic mass is 10.0. The van der Waals surface area contributed by atoms with Crippen molar-refractivity contribution >= 4 is 29.9 Å². The maximum absolute atomic E-state index is 14.1. The van der Waals surface area contributed by atoms with E-state index in [1.165, 1.54) is 18.2 Å². The number of nitrogens with one attached hydrogen (secondary N) is 2. The van der Waals surface area contributed by atoms with Gasteiger partial charge < -0.3 is 20.1 Å². The summed E-state index contributed by atoms with van der Waals surface area (Å²) in [6.45, 7) is -0.115. The standard InChI is InChI=1S/C20H22F3N3O2.HI/c1-2-24-20(26-16-10-11-27-17-8-4-3-6-13(16)17)25-12-14-15(21)7-5-9-18(14)28-19(22)23;/h3-9,16,19H,2,10-12H2,1H3,(H2,24,25,26);1H. The Morgan fingerprint density at radius 2 is 2.03 bits per heavy atom. The van der Waals surface area contributed by atoms with Gasteiger partial charge in [-0.2, -0.15) is 8.78 Å². The summed E-state index contributed by atoms with van der Waals surface area (Å²) in [5, 5.41) is 6.41. The number of aliphatic imine (C=N–C) groups is 1. The van der Waals surface area contributed by atoms with Gasteiger partial charge in [-0.3, -0.25) is 0 Å². The third-order valence-electron chi connectivity index (χ3n) is 4.30. The van der Waals surface area contributed by atoms with E-state index in [4.69, 9.17) is 4.74 Å². The Morgan fingerprint density at radius 1 is 1.24 bits per heavy atom. The van der Waals surface area contributed by atoms with E-state index in [2.05, 4.69) is 20.4 Å². The van der Waals surface area contributed by atoms with Crippen LogP contribution in [0.5, 0.6) is 11.5 Å². The first kappa shape index (κ1) is 23.1. The quantitative estimate of drug-likeness (QED) is 0.331. The third kappa shape index (κ3) is 6.15. The van der Waals surface area contributed by atoms with Crippen molar-refractivity contribution in [3.63, 3.8) is 0 Å². The smallest absolute Gasteiger partial charge is 0.387 e. The molecule has 1 aliphatic heterocycles. The summed E-state index contributed by atoms with van der Waals surface area (Å²) in [5.74, 6) is 0.402. The molecule has 0 aliphatic carbocycles. The number of fused-ring (bicyclic) bond motifs is 1. The Morgan fingerprint density at radius 3 is 2.79 bits per heavy atom. The van der Waals surface area contributed by atoms with Crippen LogP contribution in [0.1, 0.15) is 30.5 Å². The maximum atomic E-state index is 14.1. The lowest BCUT2D eigenvalue weighted by Gasteiger charge is -2.28. The molecule has 0 spiro atoms. The second-order valence-electron chi connectivity index (χ2n) is 6.16. The highest BCUT2D eigenvalue weighted by molar-refractivity contribution is 14.0. The van der Waals surface area contributed by atoms with E-state index >= 15 is 0 Å². The number of ether oxygens (including phenoxy) is 2. The predicted molar refractivity (Wildman–Crippen MR) is 116 cm³/mol. The van der Waals surface area contributed by atoms with Gasteiger partial charge in [0.05, 0.1) is 24.8 Å². The Kier molecular flexibility index (Phi) is 8.87. The molecule has 0 saturated carbocycles. The SMILES string of the molecule is CCNC(=NCc1c(F)cccc1OC(F)F)NC1CCOc2ccccc21.I. The van der Waals surface area contributed by atoms with Crippen LogP contribution in [-0.4, -0.2) is 25.7 Å². The third-order valence-corrected chi connectivity index (χ3v) is 4.30. The van der Waals surface area contributed by atoms with Crippen LogP contribution in [0.4, 0.5) is 13.2 Å². The molecule has 158 valence electrons. The van der Waals surface area contributed by atoms with E-state index in [9.17, 15) is 13.2 Å². The zero-order valence-corrected chi connectivity index (χ0v) is 18.2. The lowest BCUT2D eigenvalue weighted by Crippen LogP contribution is -2.41. The number of alkyl halides is 2. The Bertz CT molecular complexity index is 836. The number of guanidine groups is 1. The molecule has 3 rings (SSSR count). The van der Waals surface area contributed by atoms with Gasteiger partial charge in [0.25, 0.3) is 0 Å². The van der Waals surface area contributed by atoms with Crippen LogP contribution < -0.4 is 20.1 Å². The lowest BCUT2D eigenvalue weighted by molar-refractivity contribution is -0.0506. The first-order chi connectivity index (χ1) is 13.6. The molecular formula is C20H23F3IN3O2. The topological polar surface area (TPSA) is 54.9 Å². The number of nitrogens with zero attached hydrogens (tertiary/aromatic N) is 1. The Balaban J connectivity index is 0.00000300. The number of benzene rings is 2. The van der Waals surface area contributed by atoms with Gasteiger partial charge in [0.2, 0.25) is 0 Å². The monoisotopic (exact) mass is 521 g/mol. The second kappa shape index (κ2) is 11.1. The van der Waals surface area contributed by atoms with E-state index < -0.39 is 12.4 Å². The minimum atomic E-state index is -3.03. The molecule has 9 heteroatoms. The molecular weight excluding hydrogens is 498 g/mol. The summed E-state index contributed by atoms with van der Waals surface area (Å²) < 4.78 is 49.4. The van der Waals surface area contributed by atoms with Gasteiger partial charge in [-0.25, -0.2) is 9.38 Å². The maximum Gasteiger partial charge on any atom is 0.387 e. The van der Waals surface area contributed by atoms with Gasteiger partial charge in [-0.15, -0.1) is 24.0 Å². The number of hydrogen-bond acceptors (Lipinski definition) is 3. The molecule has 0 aromatic heterocycles. The fraction of sp³-hybridized carbons (Fsp3) is 0.350. The van der Waals surface area contributed by atoms with Crippen LogP contribution in [0.3, 0.4) is 0 Å². The van der Waals surface area contributed by atoms with Crippen molar-refractivity contribution in [2.24, 2.45) is 4.99 Å². The first-order valence-electron chi connectivity index (χ1n) is 9.07. The van der Waals surface area contributed by atoms with Gasteiger partial charge in [0.15, 0.2) is 5.96 Å². The predicted octanol–water partition coefficient (Wildman–Crippen LogP) is 4.62. The van der Waals surface area contributed by atoms with E-state index in [1.807, 2.05) is 31.2 Å². The molecule has 1 unspecified atom stereocenters. The van der Waals surface area contributed by atoms with Crippen LogP contribution in [0.2, 0.25) is 0 Å². The van der Waals surface area contributed by atoms with Crippen LogP contribution in [0.15, 0.2) is 47.5 Å². The molecule has 2 N–H and O–H groups in total. The molecule has 1 aliphatic rings. The van der Waals surface area contributed by atoms with E-state index in [0.717, 1.165) is 17.7 Å². The summed E-state index contributed by atoms with van der Waals surface area (Å²) in [7, 11) is 0. The Hall–Kier alpha value is -2.17. The molecule has 1 heterocycles. The number of para-hydroxylation sites is 1. The zero-order chi connectivity index (χ0) is 19.9. The van der Waals surface area contributed by atoms with Gasteiger partial charge in [-0.1, -0.05) is 24.3 Å². The largest absolute Gasteiger partial charge is 0.493 e. The van der Waals surface area contributed by atoms with Crippen LogP contribution in [0.25, 0.3) is 0 Å². The molecule has 0 saturated heterocycles. The summed E-state index contributed by atoms with van der Waals surface area (Å²) in [4.78, 5) is 4.37. The van der Waals surface area contributed by atoms with Gasteiger partial charge in [-0.05, 0) is 25.1 Å². The van der Waals surface area contributed by atoms with E-state index in [-0.39, 0.29) is 47.9 Å². The minimum Gasteiger partial charge on any atom is -0.493 e. The van der Waals surface area contributed by atoms with Crippen LogP contribution in [0, 0.1) is 5.82 Å². The van der Waals surface area contributed by atoms with Crippen LogP contribution in [-0.2, 0) is 6.54 Å². The van der Waals surface area contributed by atoms with Crippen molar-refractivity contribution < 1.29 is 22.6 Å². The molecule has 0 radical (unpaired) electrons. The fourth-order valence-electron chi connectivity index (χ4n) is 3.03. The molecule has 2 aromatic rings. The van der Waals surface area contributed by atoms with E-state index in [1.54, 1.807) is 0 Å². The van der Waals surface area contributed by atoms with Gasteiger partial charge in [0.1, 0.15) is 17.3 Å². The second-order valence-corrected chi connectivity index (χ2v) is 6.16. The van der Waals surface area contributed by atoms with Gasteiger partial charge >= 0.3 is 6.61 Å². The van der Waals surface area contributed by atoms with Crippen molar-refractivity contribution in [3.05, 3.63) is 59.4 Å². The van der Waals surface area contributed by atoms with Gasteiger partial charge in [0, 0.05) is 18.5 Å². The molecule has 0 amide bonds. The molecule has 1 atom stereocenters. The fourth-order valence-corrected chi connectivity index (χ4v) is 3.03. The molecule has 0 fully saturated rings. The molecule has 2 aromatic carbocycles. The number of rotatable bonds is 6. The zero-order valence-electron chi connectivity index (χ0n) is 15.8. The van der Waals surface area contributed by atoms with Crippen molar-refractivity contribution in [1.29, 1.82) is 0 Å². The highest BCUT2D eigenvalue weighted by Gasteiger charge is 2.22. The van der Waals surface area contributed by atoms with Crippen molar-refractivity contribution in [2.75, 3.05) is 13.2 Å². The van der Waals surface area contributed by atoms with Crippen LogP contribution >= 0.6 is 24.0 Å². The van der Waals surface area contributed by atoms with E-state index in [0.29, 0.717) is 19.1 Å². The number of hydrogen-bond donors (Lipinski definition) is 2. The molecule has 29 heavy (non-hydrogen) atoms. The average molecular weight is 521 g/mol. The molecule has 0 bridgehead atoms. The van der Waals surface area contributed by atoms with Crippen molar-refractivity contribution in [3.8, 4) is 11.5 Å². The Labute approximate surface area is 184 Å². The summed E-state index contributed by atoms with van der Waals surface area (Å²) in [6.07, 6.45) is 0.737. The minimum absolute atomic E-state index is 0. The first-order valence-corrected chi connectivity index (χ1v) is 9.07. The summed E-state index contributed by atoms with van der Waals surface area (Å²) in [5.41, 5.74) is 0.986. The highest BCUT2D eigenvalue weighted by Crippen LogP contribution is 2.31. The normalized spacial score (nSPS) is 15.8.